The molecule has 6 atom stereocenters. The summed E-state index contributed by atoms with van der Waals surface area (Å²) in [5.74, 6) is -7.72. The molecule has 3 fully saturated rings. The van der Waals surface area contributed by atoms with Crippen molar-refractivity contribution >= 4 is 17.5 Å². The second-order valence-corrected chi connectivity index (χ2v) is 15.7. The molecule has 9 nitrogen and oxygen atoms in total. The van der Waals surface area contributed by atoms with Gasteiger partial charge in [0, 0.05) is 37.0 Å². The number of benzene rings is 1. The number of carbonyl (C=O) groups excluding carboxylic acids is 3. The van der Waals surface area contributed by atoms with Crippen LogP contribution in [-0.4, -0.2) is 61.0 Å². The van der Waals surface area contributed by atoms with Gasteiger partial charge < -0.3 is 26.2 Å². The van der Waals surface area contributed by atoms with Crippen molar-refractivity contribution in [3.05, 3.63) is 51.0 Å². The van der Waals surface area contributed by atoms with Gasteiger partial charge in [0.25, 0.3) is 5.91 Å². The minimum Gasteiger partial charge on any atom is -0.511 e. The number of phenols is 1. The van der Waals surface area contributed by atoms with Gasteiger partial charge in [-0.1, -0.05) is 20.8 Å². The summed E-state index contributed by atoms with van der Waals surface area (Å²) in [5, 5.41) is 44.3. The quantitative estimate of drug-likeness (QED) is 0.266. The van der Waals surface area contributed by atoms with Gasteiger partial charge in [0.1, 0.15) is 22.8 Å². The zero-order valence-corrected chi connectivity index (χ0v) is 26.7. The Morgan fingerprint density at radius 1 is 1.04 bits per heavy atom. The lowest BCUT2D eigenvalue weighted by atomic mass is 9.60. The molecular weight excluding hydrogens is 617 g/mol. The molecule has 3 saturated carbocycles. The lowest BCUT2D eigenvalue weighted by Crippen LogP contribution is -2.57. The van der Waals surface area contributed by atoms with Gasteiger partial charge in [0.15, 0.2) is 11.4 Å². The lowest BCUT2D eigenvalue weighted by Gasteiger charge is -2.46. The van der Waals surface area contributed by atoms with E-state index in [-0.39, 0.29) is 41.0 Å². The van der Waals surface area contributed by atoms with E-state index in [1.807, 2.05) is 0 Å². The number of rotatable bonds is 6. The highest BCUT2D eigenvalue weighted by molar-refractivity contribution is 6.24. The number of nitrogens with zero attached hydrogens (tertiary/aromatic N) is 1. The van der Waals surface area contributed by atoms with Crippen LogP contribution in [0.25, 0.3) is 0 Å². The van der Waals surface area contributed by atoms with Crippen LogP contribution < -0.4 is 5.73 Å². The van der Waals surface area contributed by atoms with Crippen molar-refractivity contribution in [2.45, 2.75) is 96.5 Å². The van der Waals surface area contributed by atoms with Crippen molar-refractivity contribution in [3.63, 3.8) is 0 Å². The van der Waals surface area contributed by atoms with E-state index in [0.717, 1.165) is 38.2 Å². The number of ketones is 2. The minimum absolute atomic E-state index is 0.0344. The van der Waals surface area contributed by atoms with Crippen LogP contribution in [0.4, 0.5) is 13.2 Å². The smallest absolute Gasteiger partial charge is 0.417 e. The van der Waals surface area contributed by atoms with Crippen LogP contribution in [0.5, 0.6) is 5.75 Å². The molecule has 1 amide bonds. The topological polar surface area (TPSA) is 161 Å². The van der Waals surface area contributed by atoms with Gasteiger partial charge >= 0.3 is 6.18 Å². The summed E-state index contributed by atoms with van der Waals surface area (Å²) < 4.78 is 45.5. The van der Waals surface area contributed by atoms with E-state index >= 15 is 13.2 Å². The van der Waals surface area contributed by atoms with E-state index in [4.69, 9.17) is 5.73 Å². The zero-order chi connectivity index (χ0) is 34.2. The first-order valence-electron chi connectivity index (χ1n) is 16.5. The maximum absolute atomic E-state index is 15.2. The Balaban J connectivity index is 1.32. The number of allylic oxidation sites excluding steroid dienone is 2. The first kappa shape index (κ1) is 32.2. The molecule has 0 spiro atoms. The standard InChI is InChI=1S/C35H41F3N2O7/c1-32(2)18-6-7-33(32,3)23(12-18)40(13-15-4-5-15)14-17-10-21(41)25-20(27(17)35(36,37)38)9-16-8-19-11-22(42)26(31(39)46)30(45)34(19,47)29(44)24(16)28(25)43/h10,15-16,18-19,23,41-42,44,47H,4-9,11-14H2,1-3H3,(H2,39,46)/t16?,18?,19-,23-,33?,34-/m0/s1. The van der Waals surface area contributed by atoms with E-state index in [1.54, 1.807) is 0 Å². The molecule has 6 N–H and O–H groups in total. The van der Waals surface area contributed by atoms with Gasteiger partial charge in [0.05, 0.1) is 11.1 Å². The van der Waals surface area contributed by atoms with Crippen LogP contribution in [0.1, 0.15) is 92.8 Å². The molecule has 2 bridgehead atoms. The monoisotopic (exact) mass is 658 g/mol. The number of Topliss-reactive ketones (excluding diaryl/α,β-unsaturated/α-hetero) is 2. The molecule has 7 rings (SSSR count). The van der Waals surface area contributed by atoms with Crippen molar-refractivity contribution in [2.24, 2.45) is 40.2 Å². The molecule has 254 valence electrons. The van der Waals surface area contributed by atoms with Crippen LogP contribution in [0.2, 0.25) is 0 Å². The summed E-state index contributed by atoms with van der Waals surface area (Å²) in [4.78, 5) is 41.2. The Labute approximate surface area is 270 Å². The largest absolute Gasteiger partial charge is 0.511 e. The Morgan fingerprint density at radius 2 is 1.72 bits per heavy atom. The fraction of sp³-hybridized carbons (Fsp3) is 0.629. The number of primary amides is 1. The number of alkyl halides is 3. The number of carbonyl (C=O) groups is 3. The van der Waals surface area contributed by atoms with E-state index in [9.17, 15) is 34.8 Å². The molecular formula is C35H41F3N2O7. The average Bonchev–Trinajstić information content (AvgIpc) is 3.71. The number of phenolic OH excluding ortho intramolecular Hbond substituents is 1. The fourth-order valence-electron chi connectivity index (χ4n) is 10.1. The number of hydrogen-bond donors (Lipinski definition) is 5. The molecule has 0 heterocycles. The summed E-state index contributed by atoms with van der Waals surface area (Å²) in [5.41, 5.74) is -1.10. The number of aliphatic hydroxyl groups is 3. The SMILES string of the molecule is CC1(C)C2CCC1(C)[C@@H](N(Cc1cc(O)c3c(c1C(F)(F)F)CC1C[C@H]4CC(O)=C(C(N)=O)C(=O)[C@@]4(O)C(O)=C1C3=O)CC1CC1)C2. The third-order valence-corrected chi connectivity index (χ3v) is 13.2. The van der Waals surface area contributed by atoms with Gasteiger partial charge in [-0.05, 0) is 90.7 Å². The van der Waals surface area contributed by atoms with Crippen molar-refractivity contribution < 1.29 is 48.0 Å². The number of amides is 1. The molecule has 0 saturated heterocycles. The number of aliphatic hydroxyl groups excluding tert-OH is 2. The second-order valence-electron chi connectivity index (χ2n) is 15.7. The van der Waals surface area contributed by atoms with E-state index in [1.165, 1.54) is 0 Å². The van der Waals surface area contributed by atoms with Gasteiger partial charge in [-0.15, -0.1) is 0 Å². The summed E-state index contributed by atoms with van der Waals surface area (Å²) in [6, 6.07) is 1.07. The van der Waals surface area contributed by atoms with Gasteiger partial charge in [-0.2, -0.15) is 13.2 Å². The normalized spacial score (nSPS) is 34.6. The maximum Gasteiger partial charge on any atom is 0.417 e. The highest BCUT2D eigenvalue weighted by Crippen LogP contribution is 2.67. The van der Waals surface area contributed by atoms with Crippen molar-refractivity contribution in [2.75, 3.05) is 6.54 Å². The van der Waals surface area contributed by atoms with Gasteiger partial charge in [-0.3, -0.25) is 19.3 Å². The third-order valence-electron chi connectivity index (χ3n) is 13.2. The molecule has 12 heteroatoms. The number of hydrogen-bond acceptors (Lipinski definition) is 8. The highest BCUT2D eigenvalue weighted by atomic mass is 19.4. The van der Waals surface area contributed by atoms with E-state index < -0.39 is 93.5 Å². The van der Waals surface area contributed by atoms with Crippen LogP contribution in [0, 0.1) is 34.5 Å². The number of fused-ring (bicyclic) bond motifs is 5. The first-order valence-corrected chi connectivity index (χ1v) is 16.5. The maximum atomic E-state index is 15.2. The van der Waals surface area contributed by atoms with E-state index in [2.05, 4.69) is 25.7 Å². The summed E-state index contributed by atoms with van der Waals surface area (Å²) >= 11 is 0. The molecule has 1 aromatic carbocycles. The molecule has 6 aliphatic carbocycles. The molecule has 0 radical (unpaired) electrons. The molecule has 3 unspecified atom stereocenters. The number of aromatic hydroxyl groups is 1. The molecule has 0 aliphatic heterocycles. The molecule has 47 heavy (non-hydrogen) atoms. The van der Waals surface area contributed by atoms with E-state index in [0.29, 0.717) is 18.4 Å². The molecule has 0 aromatic heterocycles. The predicted octanol–water partition coefficient (Wildman–Crippen LogP) is 5.03. The summed E-state index contributed by atoms with van der Waals surface area (Å²) in [6.07, 6.45) is -0.961. The fourth-order valence-corrected chi connectivity index (χ4v) is 10.1. The van der Waals surface area contributed by atoms with Crippen molar-refractivity contribution in [1.82, 2.24) is 4.90 Å². The van der Waals surface area contributed by atoms with Gasteiger partial charge in [0.2, 0.25) is 5.78 Å². The average molecular weight is 659 g/mol. The minimum atomic E-state index is -4.88. The second kappa shape index (κ2) is 10.1. The van der Waals surface area contributed by atoms with Crippen LogP contribution >= 0.6 is 0 Å². The Kier molecular flexibility index (Phi) is 6.90. The van der Waals surface area contributed by atoms with Crippen molar-refractivity contribution in [3.8, 4) is 5.75 Å². The Hall–Kier alpha value is -3.38. The zero-order valence-electron chi connectivity index (χ0n) is 26.7. The summed E-state index contributed by atoms with van der Waals surface area (Å²) in [7, 11) is 0. The third kappa shape index (κ3) is 4.39. The van der Waals surface area contributed by atoms with Crippen molar-refractivity contribution in [1.29, 1.82) is 0 Å². The lowest BCUT2D eigenvalue weighted by molar-refractivity contribution is -0.144. The Morgan fingerprint density at radius 3 is 2.28 bits per heavy atom. The van der Waals surface area contributed by atoms with Crippen LogP contribution in [0.3, 0.4) is 0 Å². The number of nitrogens with two attached hydrogens (primary N) is 1. The molecule has 6 aliphatic rings. The Bertz CT molecular complexity index is 1690. The van der Waals surface area contributed by atoms with Crippen LogP contribution in [0.15, 0.2) is 28.7 Å². The van der Waals surface area contributed by atoms with Gasteiger partial charge in [-0.25, -0.2) is 0 Å². The number of halogens is 3. The predicted molar refractivity (Wildman–Crippen MR) is 162 cm³/mol. The molecule has 1 aromatic rings. The van der Waals surface area contributed by atoms with Crippen LogP contribution in [-0.2, 0) is 28.7 Å². The summed E-state index contributed by atoms with van der Waals surface area (Å²) in [6.45, 7) is 7.37. The highest BCUT2D eigenvalue weighted by Gasteiger charge is 2.63. The first-order chi connectivity index (χ1) is 21.8.